The fourth-order valence-corrected chi connectivity index (χ4v) is 1.39. The lowest BCUT2D eigenvalue weighted by molar-refractivity contribution is 0.365. The molecule has 88 valence electrons. The first-order valence-electron chi connectivity index (χ1n) is 4.99. The van der Waals surface area contributed by atoms with Gasteiger partial charge in [-0.25, -0.2) is 15.5 Å². The number of rotatable bonds is 4. The van der Waals surface area contributed by atoms with Gasteiger partial charge in [0.15, 0.2) is 0 Å². The second-order valence-electron chi connectivity index (χ2n) is 3.42. The number of allylic oxidation sites excluding steroid dienone is 2. The normalized spacial score (nSPS) is 12.2. The summed E-state index contributed by atoms with van der Waals surface area (Å²) in [6, 6.07) is 0. The van der Waals surface area contributed by atoms with Crippen molar-refractivity contribution in [2.45, 2.75) is 27.2 Å². The highest BCUT2D eigenvalue weighted by molar-refractivity contribution is 5.64. The maximum Gasteiger partial charge on any atom is 0.225 e. The monoisotopic (exact) mass is 223 g/mol. The van der Waals surface area contributed by atoms with E-state index in [1.54, 1.807) is 13.8 Å². The lowest BCUT2D eigenvalue weighted by atomic mass is 10.1. The predicted molar refractivity (Wildman–Crippen MR) is 62.1 cm³/mol. The van der Waals surface area contributed by atoms with Crippen molar-refractivity contribution in [3.05, 3.63) is 29.7 Å². The Balaban J connectivity index is 3.33. The lowest BCUT2D eigenvalue weighted by Crippen LogP contribution is -2.24. The molecule has 0 radical (unpaired) electrons. The van der Waals surface area contributed by atoms with Gasteiger partial charge in [0.1, 0.15) is 17.3 Å². The van der Waals surface area contributed by atoms with Crippen molar-refractivity contribution in [3.63, 3.8) is 0 Å². The van der Waals surface area contributed by atoms with Gasteiger partial charge >= 0.3 is 0 Å². The van der Waals surface area contributed by atoms with Crippen LogP contribution < -0.4 is 11.3 Å². The number of aryl methyl sites for hydroxylation is 2. The van der Waals surface area contributed by atoms with E-state index in [1.165, 1.54) is 4.68 Å². The van der Waals surface area contributed by atoms with Gasteiger partial charge in [0.05, 0.1) is 0 Å². The fourth-order valence-electron chi connectivity index (χ4n) is 1.39. The van der Waals surface area contributed by atoms with Crippen LogP contribution in [0.25, 0.3) is 5.70 Å². The van der Waals surface area contributed by atoms with Crippen molar-refractivity contribution in [2.24, 2.45) is 5.84 Å². The van der Waals surface area contributed by atoms with Crippen LogP contribution in [0.4, 0.5) is 0 Å². The Bertz CT molecular complexity index is 432. The van der Waals surface area contributed by atoms with E-state index in [2.05, 4.69) is 22.1 Å². The van der Waals surface area contributed by atoms with Crippen molar-refractivity contribution < 1.29 is 5.11 Å². The standard InChI is InChI=1S/C10H17N5O/c1-5-6(2)9(10(16)13-11)15-8(4)12-7(3)14-15/h13,16H,2,5,11H2,1,3-4H3/b10-9-. The molecule has 0 aliphatic carbocycles. The Kier molecular flexibility index (Phi) is 3.68. The highest BCUT2D eigenvalue weighted by Crippen LogP contribution is 2.20. The van der Waals surface area contributed by atoms with Gasteiger partial charge in [0.2, 0.25) is 5.88 Å². The van der Waals surface area contributed by atoms with Crippen LogP contribution in [0.1, 0.15) is 25.0 Å². The summed E-state index contributed by atoms with van der Waals surface area (Å²) in [7, 11) is 0. The summed E-state index contributed by atoms with van der Waals surface area (Å²) < 4.78 is 1.52. The molecule has 0 aliphatic rings. The summed E-state index contributed by atoms with van der Waals surface area (Å²) in [5.74, 6) is 6.33. The third-order valence-corrected chi connectivity index (χ3v) is 2.21. The highest BCUT2D eigenvalue weighted by atomic mass is 16.3. The molecule has 0 aromatic carbocycles. The van der Waals surface area contributed by atoms with Crippen molar-refractivity contribution in [2.75, 3.05) is 0 Å². The van der Waals surface area contributed by atoms with Gasteiger partial charge < -0.3 is 5.11 Å². The first-order valence-corrected chi connectivity index (χ1v) is 4.99. The van der Waals surface area contributed by atoms with Crippen LogP contribution in [0, 0.1) is 13.8 Å². The van der Waals surface area contributed by atoms with E-state index >= 15 is 0 Å². The van der Waals surface area contributed by atoms with E-state index in [-0.39, 0.29) is 5.88 Å². The van der Waals surface area contributed by atoms with Gasteiger partial charge in [0.25, 0.3) is 0 Å². The zero-order valence-corrected chi connectivity index (χ0v) is 9.78. The van der Waals surface area contributed by atoms with Gasteiger partial charge in [-0.1, -0.05) is 13.5 Å². The topological polar surface area (TPSA) is 89.0 Å². The largest absolute Gasteiger partial charge is 0.492 e. The van der Waals surface area contributed by atoms with Crippen LogP contribution in [0.2, 0.25) is 0 Å². The summed E-state index contributed by atoms with van der Waals surface area (Å²) in [6.45, 7) is 9.38. The summed E-state index contributed by atoms with van der Waals surface area (Å²) >= 11 is 0. The molecule has 0 unspecified atom stereocenters. The number of nitrogens with one attached hydrogen (secondary N) is 1. The number of aliphatic hydroxyl groups excluding tert-OH is 1. The van der Waals surface area contributed by atoms with E-state index in [0.29, 0.717) is 23.8 Å². The fraction of sp³-hybridized carbons (Fsp3) is 0.400. The van der Waals surface area contributed by atoms with E-state index in [9.17, 15) is 5.11 Å². The quantitative estimate of drug-likeness (QED) is 0.307. The minimum absolute atomic E-state index is 0.167. The van der Waals surface area contributed by atoms with Crippen molar-refractivity contribution >= 4 is 5.70 Å². The van der Waals surface area contributed by atoms with E-state index in [1.807, 2.05) is 6.92 Å². The lowest BCUT2D eigenvalue weighted by Gasteiger charge is -2.12. The second-order valence-corrected chi connectivity index (χ2v) is 3.42. The number of aliphatic hydroxyl groups is 1. The zero-order valence-electron chi connectivity index (χ0n) is 9.78. The van der Waals surface area contributed by atoms with Gasteiger partial charge in [-0.2, -0.15) is 5.10 Å². The number of nitrogens with two attached hydrogens (primary N) is 1. The Morgan fingerprint density at radius 1 is 1.56 bits per heavy atom. The van der Waals surface area contributed by atoms with Gasteiger partial charge in [-0.05, 0) is 25.8 Å². The molecule has 0 fully saturated rings. The molecule has 1 aromatic rings. The molecule has 4 N–H and O–H groups in total. The minimum Gasteiger partial charge on any atom is -0.492 e. The predicted octanol–water partition coefficient (Wildman–Crippen LogP) is 1.01. The first-order chi connectivity index (χ1) is 7.51. The molecular formula is C10H17N5O. The SMILES string of the molecule is C=C(CC)/C(=C(/O)NN)n1nc(C)nc1C. The Morgan fingerprint density at radius 2 is 2.19 bits per heavy atom. The van der Waals surface area contributed by atoms with Crippen LogP contribution in [-0.4, -0.2) is 19.9 Å². The average Bonchev–Trinajstić information content (AvgIpc) is 2.57. The second kappa shape index (κ2) is 4.80. The summed E-state index contributed by atoms with van der Waals surface area (Å²) in [5.41, 5.74) is 3.37. The number of aromatic nitrogens is 3. The Hall–Kier alpha value is -1.82. The first kappa shape index (κ1) is 12.3. The molecule has 0 aliphatic heterocycles. The Morgan fingerprint density at radius 3 is 2.56 bits per heavy atom. The maximum atomic E-state index is 9.70. The average molecular weight is 223 g/mol. The van der Waals surface area contributed by atoms with Crippen LogP contribution in [0.5, 0.6) is 0 Å². The molecule has 1 heterocycles. The van der Waals surface area contributed by atoms with E-state index < -0.39 is 0 Å². The van der Waals surface area contributed by atoms with Crippen LogP contribution in [0.15, 0.2) is 18.0 Å². The van der Waals surface area contributed by atoms with Crippen molar-refractivity contribution in [3.8, 4) is 0 Å². The highest BCUT2D eigenvalue weighted by Gasteiger charge is 2.15. The molecule has 0 atom stereocenters. The third kappa shape index (κ3) is 2.22. The van der Waals surface area contributed by atoms with E-state index in [4.69, 9.17) is 5.84 Å². The molecule has 0 saturated carbocycles. The molecule has 1 aromatic heterocycles. The van der Waals surface area contributed by atoms with Crippen LogP contribution in [0.3, 0.4) is 0 Å². The molecule has 6 heteroatoms. The number of hydrazine groups is 1. The van der Waals surface area contributed by atoms with Crippen LogP contribution in [-0.2, 0) is 0 Å². The summed E-state index contributed by atoms with van der Waals surface area (Å²) in [5, 5.41) is 13.9. The van der Waals surface area contributed by atoms with Crippen LogP contribution >= 0.6 is 0 Å². The molecule has 1 rings (SSSR count). The summed E-state index contributed by atoms with van der Waals surface area (Å²) in [4.78, 5) is 4.16. The van der Waals surface area contributed by atoms with Gasteiger partial charge in [-0.15, -0.1) is 0 Å². The maximum absolute atomic E-state index is 9.70. The minimum atomic E-state index is -0.167. The van der Waals surface area contributed by atoms with E-state index in [0.717, 1.165) is 5.57 Å². The van der Waals surface area contributed by atoms with Gasteiger partial charge in [0, 0.05) is 0 Å². The Labute approximate surface area is 94.5 Å². The molecule has 0 spiro atoms. The molecular weight excluding hydrogens is 206 g/mol. The molecule has 0 saturated heterocycles. The summed E-state index contributed by atoms with van der Waals surface area (Å²) in [6.07, 6.45) is 0.680. The molecule has 0 bridgehead atoms. The molecule has 6 nitrogen and oxygen atoms in total. The smallest absolute Gasteiger partial charge is 0.225 e. The van der Waals surface area contributed by atoms with Gasteiger partial charge in [-0.3, -0.25) is 5.43 Å². The molecule has 16 heavy (non-hydrogen) atoms. The number of nitrogens with zero attached hydrogens (tertiary/aromatic N) is 3. The zero-order chi connectivity index (χ0) is 12.3. The van der Waals surface area contributed by atoms with Crippen molar-refractivity contribution in [1.82, 2.24) is 20.2 Å². The molecule has 0 amide bonds. The number of hydrogen-bond donors (Lipinski definition) is 3. The number of hydrogen-bond acceptors (Lipinski definition) is 5. The third-order valence-electron chi connectivity index (χ3n) is 2.21. The van der Waals surface area contributed by atoms with Crippen molar-refractivity contribution in [1.29, 1.82) is 0 Å².